The topological polar surface area (TPSA) is 0 Å². The molecule has 0 aromatic heterocycles. The quantitative estimate of drug-likeness (QED) is 0.440. The molecule has 1 atom stereocenters. The van der Waals surface area contributed by atoms with Crippen LogP contribution in [0.25, 0.3) is 0 Å². The number of benzene rings is 2. The molecule has 0 nitrogen and oxygen atoms in total. The molecule has 4 heteroatoms. The zero-order valence-corrected chi connectivity index (χ0v) is 20.2. The van der Waals surface area contributed by atoms with Crippen LogP contribution in [0.1, 0.15) is 48.9 Å². The second kappa shape index (κ2) is 10.9. The summed E-state index contributed by atoms with van der Waals surface area (Å²) in [7, 11) is 0. The van der Waals surface area contributed by atoms with E-state index in [-0.39, 0.29) is 37.2 Å². The van der Waals surface area contributed by atoms with Crippen LogP contribution < -0.4 is 37.2 Å². The number of halogens is 3. The summed E-state index contributed by atoms with van der Waals surface area (Å²) in [4.78, 5) is 0. The molecule has 142 valence electrons. The maximum absolute atomic E-state index is 2.36. The van der Waals surface area contributed by atoms with Crippen molar-refractivity contribution >= 4 is 0 Å². The second-order valence-corrected chi connectivity index (χ2v) is 7.97. The average molecular weight is 456 g/mol. The molecule has 0 N–H and O–H groups in total. The van der Waals surface area contributed by atoms with E-state index in [0.29, 0.717) is 11.8 Å². The number of hydrogen-bond donors (Lipinski definition) is 0. The van der Waals surface area contributed by atoms with Gasteiger partial charge < -0.3 is 37.2 Å². The minimum Gasteiger partial charge on any atom is -1.00 e. The number of allylic oxidation sites excluding steroid dienone is 4. The summed E-state index contributed by atoms with van der Waals surface area (Å²) in [5, 5.41) is 0. The molecule has 0 aliphatic heterocycles. The molecule has 0 spiro atoms. The van der Waals surface area contributed by atoms with Crippen molar-refractivity contribution in [1.82, 2.24) is 0 Å². The van der Waals surface area contributed by atoms with Gasteiger partial charge in [-0.2, -0.15) is 0 Å². The van der Waals surface area contributed by atoms with Gasteiger partial charge in [-0.05, 0) is 0 Å². The Morgan fingerprint density at radius 3 is 1.48 bits per heavy atom. The average Bonchev–Trinajstić information content (AvgIpc) is 2.73. The molecular weight excluding hydrogens is 430 g/mol. The second-order valence-electron chi connectivity index (χ2n) is 7.13. The minimum atomic E-state index is 0. The van der Waals surface area contributed by atoms with Crippen LogP contribution >= 0.6 is 0 Å². The van der Waals surface area contributed by atoms with Crippen LogP contribution in [0.5, 0.6) is 0 Å². The third kappa shape index (κ3) is 5.31. The fourth-order valence-corrected chi connectivity index (χ4v) is 4.79. The van der Waals surface area contributed by atoms with E-state index in [9.17, 15) is 0 Å². The largest absolute Gasteiger partial charge is 1.00 e. The van der Waals surface area contributed by atoms with E-state index in [1.807, 2.05) is 0 Å². The fourth-order valence-electron chi connectivity index (χ4n) is 3.90. The van der Waals surface area contributed by atoms with Crippen LogP contribution in [0.2, 0.25) is 0 Å². The standard InChI is InChI=1S/C23H25.3ClH.Ti/c1-15-8-6-10-20(12-15)23(21-11-7-9-16(2)13-21)22-14-17(3)18(4)19(22)5;;;;/h6-13,22-23H,1-5H3;3*1H;/q;;;;+3/p-3. The minimum absolute atomic E-state index is 0. The first-order valence-corrected chi connectivity index (χ1v) is 9.41. The Bertz CT molecular complexity index is 783. The van der Waals surface area contributed by atoms with E-state index in [0.717, 1.165) is 0 Å². The monoisotopic (exact) mass is 454 g/mol. The van der Waals surface area contributed by atoms with Gasteiger partial charge in [-0.1, -0.05) is 0 Å². The van der Waals surface area contributed by atoms with Crippen molar-refractivity contribution in [3.05, 3.63) is 91.4 Å². The van der Waals surface area contributed by atoms with E-state index >= 15 is 0 Å². The Morgan fingerprint density at radius 2 is 1.15 bits per heavy atom. The number of aryl methyl sites for hydroxylation is 2. The maximum Gasteiger partial charge on any atom is -1.00 e. The Morgan fingerprint density at radius 1 is 0.704 bits per heavy atom. The van der Waals surface area contributed by atoms with Crippen molar-refractivity contribution in [2.75, 3.05) is 0 Å². The Labute approximate surface area is 194 Å². The molecule has 0 bridgehead atoms. The summed E-state index contributed by atoms with van der Waals surface area (Å²) in [5.74, 6) is 0.853. The predicted molar refractivity (Wildman–Crippen MR) is 98.8 cm³/mol. The van der Waals surface area contributed by atoms with Crippen LogP contribution in [0.3, 0.4) is 0 Å². The summed E-state index contributed by atoms with van der Waals surface area (Å²) in [5.41, 5.74) is 9.99. The van der Waals surface area contributed by atoms with Crippen molar-refractivity contribution in [3.8, 4) is 0 Å². The molecule has 1 aliphatic carbocycles. The van der Waals surface area contributed by atoms with E-state index in [4.69, 9.17) is 0 Å². The Hall–Kier alpha value is -0.496. The zero-order chi connectivity index (χ0) is 17.4. The van der Waals surface area contributed by atoms with Gasteiger partial charge >= 0.3 is 158 Å². The third-order valence-corrected chi connectivity index (χ3v) is 6.54. The summed E-state index contributed by atoms with van der Waals surface area (Å²) in [6.45, 7) is 11.2. The van der Waals surface area contributed by atoms with Crippen LogP contribution in [-0.2, 0) is 20.4 Å². The van der Waals surface area contributed by atoms with Crippen molar-refractivity contribution in [2.24, 2.45) is 5.92 Å². The van der Waals surface area contributed by atoms with Gasteiger partial charge in [-0.3, -0.25) is 0 Å². The van der Waals surface area contributed by atoms with Gasteiger partial charge in [-0.15, -0.1) is 0 Å². The molecule has 3 rings (SSSR count). The van der Waals surface area contributed by atoms with Crippen LogP contribution in [0.4, 0.5) is 0 Å². The molecular formula is C23H25Cl3Ti. The van der Waals surface area contributed by atoms with E-state index in [1.165, 1.54) is 42.9 Å². The molecule has 0 saturated carbocycles. The third-order valence-electron chi connectivity index (χ3n) is 5.47. The van der Waals surface area contributed by atoms with Crippen molar-refractivity contribution < 1.29 is 57.7 Å². The van der Waals surface area contributed by atoms with Gasteiger partial charge in [0.25, 0.3) is 0 Å². The molecule has 0 radical (unpaired) electrons. The Balaban J connectivity index is 0.00000225. The molecule has 0 fully saturated rings. The summed E-state index contributed by atoms with van der Waals surface area (Å²) in [6, 6.07) is 18.1. The van der Waals surface area contributed by atoms with Crippen molar-refractivity contribution in [2.45, 2.75) is 40.5 Å². The van der Waals surface area contributed by atoms with Crippen LogP contribution in [0.15, 0.2) is 69.1 Å². The van der Waals surface area contributed by atoms with E-state index in [1.54, 1.807) is 0 Å². The molecule has 2 aromatic carbocycles. The van der Waals surface area contributed by atoms with Gasteiger partial charge in [-0.25, -0.2) is 0 Å². The molecule has 0 heterocycles. The van der Waals surface area contributed by atoms with Gasteiger partial charge in [0, 0.05) is 0 Å². The summed E-state index contributed by atoms with van der Waals surface area (Å²) < 4.78 is 1.53. The zero-order valence-electron chi connectivity index (χ0n) is 16.4. The molecule has 1 unspecified atom stereocenters. The van der Waals surface area contributed by atoms with Crippen LogP contribution in [-0.4, -0.2) is 0 Å². The molecule has 2 aromatic rings. The Kier molecular flexibility index (Phi) is 10.7. The fraction of sp³-hybridized carbons (Fsp3) is 0.304. The van der Waals surface area contributed by atoms with Crippen molar-refractivity contribution in [1.29, 1.82) is 0 Å². The van der Waals surface area contributed by atoms with Gasteiger partial charge in [0.05, 0.1) is 0 Å². The van der Waals surface area contributed by atoms with E-state index in [2.05, 4.69) is 104 Å². The normalized spacial score (nSPS) is 16.1. The first-order chi connectivity index (χ1) is 11.4. The van der Waals surface area contributed by atoms with Gasteiger partial charge in [0.15, 0.2) is 0 Å². The smallest absolute Gasteiger partial charge is 1.00 e. The van der Waals surface area contributed by atoms with E-state index < -0.39 is 0 Å². The van der Waals surface area contributed by atoms with Gasteiger partial charge in [0.2, 0.25) is 0 Å². The maximum atomic E-state index is 2.36. The SMILES string of the molecule is CC1=C(C)C(C(c2cccc(C)c2)c2cccc(C)c2)[C]([Ti+3])=C1C.[Cl-].[Cl-].[Cl-]. The first-order valence-electron chi connectivity index (χ1n) is 8.63. The number of rotatable bonds is 3. The summed E-state index contributed by atoms with van der Waals surface area (Å²) in [6.07, 6.45) is 0. The van der Waals surface area contributed by atoms with Crippen molar-refractivity contribution in [3.63, 3.8) is 0 Å². The molecule has 0 amide bonds. The van der Waals surface area contributed by atoms with Crippen LogP contribution in [0, 0.1) is 19.8 Å². The molecule has 1 aliphatic rings. The number of hydrogen-bond acceptors (Lipinski definition) is 0. The molecule has 27 heavy (non-hydrogen) atoms. The first kappa shape index (κ1) is 26.5. The summed E-state index contributed by atoms with van der Waals surface area (Å²) >= 11 is 2.32. The van der Waals surface area contributed by atoms with Gasteiger partial charge in [0.1, 0.15) is 0 Å². The molecule has 0 saturated heterocycles. The predicted octanol–water partition coefficient (Wildman–Crippen LogP) is -2.77.